The lowest BCUT2D eigenvalue weighted by Crippen LogP contribution is -2.46. The van der Waals surface area contributed by atoms with E-state index in [1.165, 1.54) is 5.56 Å². The van der Waals surface area contributed by atoms with Gasteiger partial charge in [-0.3, -0.25) is 9.59 Å². The lowest BCUT2D eigenvalue weighted by molar-refractivity contribution is -0.143. The number of nitrogens with one attached hydrogen (secondary N) is 2. The molecule has 7 nitrogen and oxygen atoms in total. The van der Waals surface area contributed by atoms with Crippen LogP contribution in [-0.4, -0.2) is 59.0 Å². The fourth-order valence-electron chi connectivity index (χ4n) is 4.08. The number of amides is 2. The molecular formula is C21H28N4O3. The molecule has 0 bridgehead atoms. The van der Waals surface area contributed by atoms with Gasteiger partial charge in [-0.15, -0.1) is 0 Å². The van der Waals surface area contributed by atoms with E-state index in [1.807, 2.05) is 17.0 Å². The number of rotatable bonds is 5. The van der Waals surface area contributed by atoms with Crippen LogP contribution < -0.4 is 5.32 Å². The average Bonchev–Trinajstić information content (AvgIpc) is 3.37. The highest BCUT2D eigenvalue weighted by Crippen LogP contribution is 2.21. The number of fused-ring (bicyclic) bond motifs is 1. The number of hydrogen-bond acceptors (Lipinski definition) is 4. The number of imidazole rings is 1. The van der Waals surface area contributed by atoms with E-state index in [0.29, 0.717) is 45.5 Å². The Balaban J connectivity index is 1.21. The van der Waals surface area contributed by atoms with Gasteiger partial charge in [-0.25, -0.2) is 4.98 Å². The summed E-state index contributed by atoms with van der Waals surface area (Å²) in [5.41, 5.74) is 3.18. The molecule has 3 heterocycles. The zero-order chi connectivity index (χ0) is 19.5. The summed E-state index contributed by atoms with van der Waals surface area (Å²) in [6, 6.07) is 6.13. The van der Waals surface area contributed by atoms with Crippen molar-refractivity contribution >= 4 is 22.8 Å². The van der Waals surface area contributed by atoms with Crippen LogP contribution in [-0.2, 0) is 20.7 Å². The monoisotopic (exact) mass is 384 g/mol. The van der Waals surface area contributed by atoms with Crippen molar-refractivity contribution in [3.63, 3.8) is 0 Å². The van der Waals surface area contributed by atoms with Gasteiger partial charge < -0.3 is 19.9 Å². The van der Waals surface area contributed by atoms with Crippen LogP contribution in [0.2, 0.25) is 0 Å². The van der Waals surface area contributed by atoms with Crippen LogP contribution in [0.4, 0.5) is 0 Å². The Morgan fingerprint density at radius 2 is 2.11 bits per heavy atom. The first-order valence-electron chi connectivity index (χ1n) is 10.2. The lowest BCUT2D eigenvalue weighted by atomic mass is 9.95. The summed E-state index contributed by atoms with van der Waals surface area (Å²) in [4.78, 5) is 34.6. The fraction of sp³-hybridized carbons (Fsp3) is 0.571. The maximum Gasteiger partial charge on any atom is 0.251 e. The van der Waals surface area contributed by atoms with Crippen molar-refractivity contribution in [3.05, 3.63) is 29.6 Å². The quantitative estimate of drug-likeness (QED) is 0.825. The van der Waals surface area contributed by atoms with E-state index in [-0.39, 0.29) is 23.8 Å². The number of carbonyl (C=O) groups excluding carboxylic acids is 2. The Bertz CT molecular complexity index is 848. The van der Waals surface area contributed by atoms with Crippen LogP contribution in [0.3, 0.4) is 0 Å². The summed E-state index contributed by atoms with van der Waals surface area (Å²) in [6.45, 7) is 4.58. The van der Waals surface area contributed by atoms with E-state index < -0.39 is 0 Å². The summed E-state index contributed by atoms with van der Waals surface area (Å²) < 4.78 is 5.49. The second kappa shape index (κ2) is 8.31. The molecule has 1 aromatic carbocycles. The van der Waals surface area contributed by atoms with Crippen molar-refractivity contribution in [1.29, 1.82) is 0 Å². The molecule has 1 atom stereocenters. The predicted octanol–water partition coefficient (Wildman–Crippen LogP) is 1.95. The van der Waals surface area contributed by atoms with Crippen LogP contribution in [0.1, 0.15) is 37.1 Å². The van der Waals surface area contributed by atoms with Gasteiger partial charge in [0.25, 0.3) is 5.91 Å². The van der Waals surface area contributed by atoms with Crippen molar-refractivity contribution in [1.82, 2.24) is 20.2 Å². The first-order chi connectivity index (χ1) is 13.6. The van der Waals surface area contributed by atoms with E-state index in [4.69, 9.17) is 4.74 Å². The fourth-order valence-corrected chi connectivity index (χ4v) is 4.08. The predicted molar refractivity (Wildman–Crippen MR) is 106 cm³/mol. The van der Waals surface area contributed by atoms with Gasteiger partial charge >= 0.3 is 0 Å². The second-order valence-electron chi connectivity index (χ2n) is 7.85. The highest BCUT2D eigenvalue weighted by molar-refractivity contribution is 5.82. The molecule has 2 fully saturated rings. The van der Waals surface area contributed by atoms with E-state index in [0.717, 1.165) is 29.7 Å². The summed E-state index contributed by atoms with van der Waals surface area (Å²) in [7, 11) is 0. The third kappa shape index (κ3) is 4.19. The van der Waals surface area contributed by atoms with Gasteiger partial charge in [0, 0.05) is 38.6 Å². The van der Waals surface area contributed by atoms with Crippen molar-refractivity contribution in [2.75, 3.05) is 26.2 Å². The molecule has 0 spiro atoms. The SMILES string of the molecule is Cc1ccc2nc(CCNC(=O)C3CCN(C(=O)[C@H]4CCCO4)CC3)[nH]c2c1. The van der Waals surface area contributed by atoms with Gasteiger partial charge in [-0.05, 0) is 50.3 Å². The van der Waals surface area contributed by atoms with Crippen molar-refractivity contribution < 1.29 is 14.3 Å². The standard InChI is InChI=1S/C21H28N4O3/c1-14-4-5-16-17(13-14)24-19(23-16)6-9-22-20(26)15-7-10-25(11-8-15)21(27)18-3-2-12-28-18/h4-5,13,15,18H,2-3,6-12H2,1H3,(H,22,26)(H,23,24)/t18-/m1/s1. The molecule has 2 saturated heterocycles. The Labute approximate surface area is 164 Å². The first-order valence-corrected chi connectivity index (χ1v) is 10.2. The van der Waals surface area contributed by atoms with Crippen LogP contribution in [0.25, 0.3) is 11.0 Å². The minimum absolute atomic E-state index is 0.0214. The maximum atomic E-state index is 12.5. The van der Waals surface area contributed by atoms with Crippen molar-refractivity contribution in [3.8, 4) is 0 Å². The zero-order valence-electron chi connectivity index (χ0n) is 16.4. The molecule has 7 heteroatoms. The van der Waals surface area contributed by atoms with Gasteiger partial charge in [0.15, 0.2) is 0 Å². The van der Waals surface area contributed by atoms with E-state index >= 15 is 0 Å². The Hall–Kier alpha value is -2.41. The molecule has 2 N–H and O–H groups in total. The summed E-state index contributed by atoms with van der Waals surface area (Å²) in [6.07, 6.45) is 3.62. The van der Waals surface area contributed by atoms with Crippen molar-refractivity contribution in [2.45, 2.75) is 45.1 Å². The molecule has 2 aromatic rings. The molecule has 4 rings (SSSR count). The number of nitrogens with zero attached hydrogens (tertiary/aromatic N) is 2. The molecule has 2 aliphatic rings. The van der Waals surface area contributed by atoms with Gasteiger partial charge in [0.05, 0.1) is 11.0 Å². The summed E-state index contributed by atoms with van der Waals surface area (Å²) >= 11 is 0. The average molecular weight is 384 g/mol. The Morgan fingerprint density at radius 1 is 1.29 bits per heavy atom. The molecule has 2 aliphatic heterocycles. The molecule has 150 valence electrons. The van der Waals surface area contributed by atoms with Crippen LogP contribution >= 0.6 is 0 Å². The molecule has 0 aliphatic carbocycles. The minimum atomic E-state index is -0.266. The molecule has 2 amide bonds. The van der Waals surface area contributed by atoms with Crippen molar-refractivity contribution in [2.24, 2.45) is 5.92 Å². The number of likely N-dealkylation sites (tertiary alicyclic amines) is 1. The molecule has 0 radical (unpaired) electrons. The van der Waals surface area contributed by atoms with Gasteiger partial charge in [0.1, 0.15) is 11.9 Å². The molecule has 28 heavy (non-hydrogen) atoms. The largest absolute Gasteiger partial charge is 0.368 e. The Morgan fingerprint density at radius 3 is 2.86 bits per heavy atom. The van der Waals surface area contributed by atoms with E-state index in [2.05, 4.69) is 28.3 Å². The highest BCUT2D eigenvalue weighted by Gasteiger charge is 2.32. The zero-order valence-corrected chi connectivity index (χ0v) is 16.4. The summed E-state index contributed by atoms with van der Waals surface area (Å²) in [5.74, 6) is 1.04. The number of piperidine rings is 1. The normalized spacial score (nSPS) is 20.6. The summed E-state index contributed by atoms with van der Waals surface area (Å²) in [5, 5.41) is 3.03. The number of carbonyl (C=O) groups is 2. The number of aromatic amines is 1. The third-order valence-electron chi connectivity index (χ3n) is 5.73. The second-order valence-corrected chi connectivity index (χ2v) is 7.85. The van der Waals surface area contributed by atoms with Crippen LogP contribution in [0.15, 0.2) is 18.2 Å². The van der Waals surface area contributed by atoms with Gasteiger partial charge in [0.2, 0.25) is 5.91 Å². The number of hydrogen-bond donors (Lipinski definition) is 2. The van der Waals surface area contributed by atoms with Crippen LogP contribution in [0, 0.1) is 12.8 Å². The molecule has 0 unspecified atom stereocenters. The molecular weight excluding hydrogens is 356 g/mol. The number of ether oxygens (including phenoxy) is 1. The van der Waals surface area contributed by atoms with Gasteiger partial charge in [-0.2, -0.15) is 0 Å². The smallest absolute Gasteiger partial charge is 0.251 e. The highest BCUT2D eigenvalue weighted by atomic mass is 16.5. The van der Waals surface area contributed by atoms with Gasteiger partial charge in [-0.1, -0.05) is 6.07 Å². The third-order valence-corrected chi connectivity index (χ3v) is 5.73. The number of benzene rings is 1. The first kappa shape index (κ1) is 18.9. The van der Waals surface area contributed by atoms with E-state index in [9.17, 15) is 9.59 Å². The molecule has 1 aromatic heterocycles. The number of aryl methyl sites for hydroxylation is 1. The molecule has 0 saturated carbocycles. The topological polar surface area (TPSA) is 87.3 Å². The maximum absolute atomic E-state index is 12.5. The van der Waals surface area contributed by atoms with Crippen LogP contribution in [0.5, 0.6) is 0 Å². The lowest BCUT2D eigenvalue weighted by Gasteiger charge is -2.32. The number of H-pyrrole nitrogens is 1. The minimum Gasteiger partial charge on any atom is -0.368 e. The van der Waals surface area contributed by atoms with E-state index in [1.54, 1.807) is 0 Å². The number of aromatic nitrogens is 2. The Kier molecular flexibility index (Phi) is 5.62.